The molecule has 3 aromatic rings. The van der Waals surface area contributed by atoms with Gasteiger partial charge in [0.2, 0.25) is 0 Å². The van der Waals surface area contributed by atoms with Gasteiger partial charge in [-0.25, -0.2) is 0 Å². The highest BCUT2D eigenvalue weighted by Gasteiger charge is 2.42. The second kappa shape index (κ2) is 9.90. The topological polar surface area (TPSA) is 43.8 Å². The Morgan fingerprint density at radius 1 is 0.710 bits per heavy atom. The number of piperazine rings is 1. The molecule has 0 amide bonds. The lowest BCUT2D eigenvalue weighted by atomic mass is 9.72. The number of benzene rings is 3. The van der Waals surface area contributed by atoms with E-state index >= 15 is 0 Å². The molecule has 0 aromatic heterocycles. The maximum Gasteiger partial charge on any atom is 0.318 e. The second-order valence-corrected chi connectivity index (χ2v) is 8.30. The van der Waals surface area contributed by atoms with Gasteiger partial charge in [-0.15, -0.1) is 0 Å². The Balaban J connectivity index is 1.46. The number of hydrogen-bond acceptors (Lipinski definition) is 3. The zero-order valence-electron chi connectivity index (χ0n) is 17.9. The van der Waals surface area contributed by atoms with E-state index in [1.54, 1.807) is 0 Å². The summed E-state index contributed by atoms with van der Waals surface area (Å²) < 4.78 is 0. The monoisotopic (exact) mass is 414 g/mol. The van der Waals surface area contributed by atoms with Crippen molar-refractivity contribution in [2.75, 3.05) is 32.7 Å². The highest BCUT2D eigenvalue weighted by molar-refractivity contribution is 5.86. The van der Waals surface area contributed by atoms with Gasteiger partial charge >= 0.3 is 5.97 Å². The number of hydrogen-bond donors (Lipinski definition) is 1. The molecule has 1 heterocycles. The largest absolute Gasteiger partial charge is 0.480 e. The molecule has 4 nitrogen and oxygen atoms in total. The van der Waals surface area contributed by atoms with Crippen LogP contribution in [0.25, 0.3) is 0 Å². The molecule has 0 aliphatic carbocycles. The van der Waals surface area contributed by atoms with Crippen LogP contribution in [-0.2, 0) is 16.8 Å². The van der Waals surface area contributed by atoms with Crippen LogP contribution in [0.1, 0.15) is 23.1 Å². The highest BCUT2D eigenvalue weighted by atomic mass is 16.4. The molecule has 4 heteroatoms. The maximum absolute atomic E-state index is 12.7. The first kappa shape index (κ1) is 21.3. The van der Waals surface area contributed by atoms with E-state index < -0.39 is 11.4 Å². The van der Waals surface area contributed by atoms with Crippen LogP contribution in [0.5, 0.6) is 0 Å². The van der Waals surface area contributed by atoms with Crippen LogP contribution in [0.2, 0.25) is 0 Å². The zero-order valence-corrected chi connectivity index (χ0v) is 17.9. The molecule has 1 aliphatic heterocycles. The van der Waals surface area contributed by atoms with Gasteiger partial charge in [-0.2, -0.15) is 0 Å². The lowest BCUT2D eigenvalue weighted by Crippen LogP contribution is -2.48. The lowest BCUT2D eigenvalue weighted by Gasteiger charge is -2.37. The van der Waals surface area contributed by atoms with Crippen molar-refractivity contribution < 1.29 is 9.90 Å². The third-order valence-electron chi connectivity index (χ3n) is 6.42. The highest BCUT2D eigenvalue weighted by Crippen LogP contribution is 2.36. The van der Waals surface area contributed by atoms with Crippen molar-refractivity contribution in [3.8, 4) is 0 Å². The summed E-state index contributed by atoms with van der Waals surface area (Å²) in [5.74, 6) is -0.785. The quantitative estimate of drug-likeness (QED) is 0.598. The first-order valence-electron chi connectivity index (χ1n) is 11.0. The van der Waals surface area contributed by atoms with E-state index in [1.807, 2.05) is 60.7 Å². The fraction of sp³-hybridized carbons (Fsp3) is 0.296. The van der Waals surface area contributed by atoms with Crippen LogP contribution in [0.4, 0.5) is 0 Å². The van der Waals surface area contributed by atoms with Gasteiger partial charge in [0.15, 0.2) is 0 Å². The van der Waals surface area contributed by atoms with Crippen molar-refractivity contribution in [2.24, 2.45) is 0 Å². The molecule has 160 valence electrons. The van der Waals surface area contributed by atoms with Crippen LogP contribution in [0.15, 0.2) is 91.0 Å². The van der Waals surface area contributed by atoms with Gasteiger partial charge in [0.1, 0.15) is 5.41 Å². The Morgan fingerprint density at radius 2 is 1.16 bits per heavy atom. The average Bonchev–Trinajstić information content (AvgIpc) is 2.82. The molecule has 0 unspecified atom stereocenters. The van der Waals surface area contributed by atoms with E-state index in [2.05, 4.69) is 40.1 Å². The summed E-state index contributed by atoms with van der Waals surface area (Å²) in [6.45, 7) is 5.67. The zero-order chi connectivity index (χ0) is 21.5. The fourth-order valence-electron chi connectivity index (χ4n) is 4.59. The summed E-state index contributed by atoms with van der Waals surface area (Å²) in [5.41, 5.74) is 1.99. The summed E-state index contributed by atoms with van der Waals surface area (Å²) in [6.07, 6.45) is 0.551. The van der Waals surface area contributed by atoms with Crippen LogP contribution < -0.4 is 0 Å². The summed E-state index contributed by atoms with van der Waals surface area (Å²) in [5, 5.41) is 10.4. The van der Waals surface area contributed by atoms with Crippen LogP contribution in [-0.4, -0.2) is 53.6 Å². The number of carbonyl (C=O) groups is 1. The molecule has 0 spiro atoms. The predicted molar refractivity (Wildman–Crippen MR) is 124 cm³/mol. The molecule has 1 fully saturated rings. The van der Waals surface area contributed by atoms with Gasteiger partial charge in [0, 0.05) is 32.7 Å². The molecule has 0 atom stereocenters. The Labute approximate surface area is 184 Å². The number of rotatable bonds is 8. The summed E-state index contributed by atoms with van der Waals surface area (Å²) in [6, 6.07) is 29.9. The smallest absolute Gasteiger partial charge is 0.318 e. The standard InChI is InChI=1S/C27H30N2O2/c30-26(31)27(24-12-6-2-7-13-24,25-14-8-3-9-15-25)16-17-28-18-20-29(21-19-28)22-23-10-4-1-5-11-23/h1-15H,16-22H2,(H,30,31). The Morgan fingerprint density at radius 3 is 1.65 bits per heavy atom. The Kier molecular flexibility index (Phi) is 6.80. The Bertz CT molecular complexity index is 913. The molecule has 1 saturated heterocycles. The minimum absolute atomic E-state index is 0.551. The van der Waals surface area contributed by atoms with Gasteiger partial charge in [0.05, 0.1) is 0 Å². The van der Waals surface area contributed by atoms with Crippen molar-refractivity contribution in [1.29, 1.82) is 0 Å². The minimum atomic E-state index is -1.04. The SMILES string of the molecule is O=C(O)C(CCN1CCN(Cc2ccccc2)CC1)(c1ccccc1)c1ccccc1. The van der Waals surface area contributed by atoms with E-state index in [0.29, 0.717) is 6.42 Å². The molecule has 0 saturated carbocycles. The molecule has 3 aromatic carbocycles. The number of nitrogens with zero attached hydrogens (tertiary/aromatic N) is 2. The van der Waals surface area contributed by atoms with Crippen molar-refractivity contribution in [2.45, 2.75) is 18.4 Å². The van der Waals surface area contributed by atoms with Gasteiger partial charge in [-0.1, -0.05) is 91.0 Å². The normalized spacial score (nSPS) is 15.6. The summed E-state index contributed by atoms with van der Waals surface area (Å²) in [7, 11) is 0. The molecule has 0 radical (unpaired) electrons. The summed E-state index contributed by atoms with van der Waals surface area (Å²) in [4.78, 5) is 17.6. The van der Waals surface area contributed by atoms with Gasteiger partial charge in [-0.05, 0) is 29.7 Å². The van der Waals surface area contributed by atoms with E-state index in [9.17, 15) is 9.90 Å². The molecule has 1 aliphatic rings. The fourth-order valence-corrected chi connectivity index (χ4v) is 4.59. The average molecular weight is 415 g/mol. The summed E-state index contributed by atoms with van der Waals surface area (Å²) >= 11 is 0. The third kappa shape index (κ3) is 4.87. The van der Waals surface area contributed by atoms with Crippen LogP contribution in [0, 0.1) is 0 Å². The first-order chi connectivity index (χ1) is 15.2. The van der Waals surface area contributed by atoms with Crippen molar-refractivity contribution >= 4 is 5.97 Å². The van der Waals surface area contributed by atoms with E-state index in [4.69, 9.17) is 0 Å². The lowest BCUT2D eigenvalue weighted by molar-refractivity contribution is -0.142. The van der Waals surface area contributed by atoms with Crippen molar-refractivity contribution in [3.63, 3.8) is 0 Å². The molecule has 0 bridgehead atoms. The van der Waals surface area contributed by atoms with Gasteiger partial charge in [-0.3, -0.25) is 9.69 Å². The molecular weight excluding hydrogens is 384 g/mol. The minimum Gasteiger partial charge on any atom is -0.480 e. The van der Waals surface area contributed by atoms with Crippen LogP contribution >= 0.6 is 0 Å². The first-order valence-corrected chi connectivity index (χ1v) is 11.0. The van der Waals surface area contributed by atoms with E-state index in [0.717, 1.165) is 50.4 Å². The van der Waals surface area contributed by atoms with E-state index in [-0.39, 0.29) is 0 Å². The number of carboxylic acid groups (broad SMARTS) is 1. The molecule has 4 rings (SSSR count). The van der Waals surface area contributed by atoms with Crippen molar-refractivity contribution in [3.05, 3.63) is 108 Å². The predicted octanol–water partition coefficient (Wildman–Crippen LogP) is 4.27. The number of carboxylic acids is 1. The van der Waals surface area contributed by atoms with Gasteiger partial charge in [0.25, 0.3) is 0 Å². The second-order valence-electron chi connectivity index (χ2n) is 8.30. The Hall–Kier alpha value is -2.95. The van der Waals surface area contributed by atoms with Crippen LogP contribution in [0.3, 0.4) is 0 Å². The number of aliphatic carboxylic acids is 1. The van der Waals surface area contributed by atoms with Gasteiger partial charge < -0.3 is 10.0 Å². The molecule has 1 N–H and O–H groups in total. The van der Waals surface area contributed by atoms with E-state index in [1.165, 1.54) is 5.56 Å². The maximum atomic E-state index is 12.7. The molecular formula is C27H30N2O2. The molecule has 31 heavy (non-hydrogen) atoms. The van der Waals surface area contributed by atoms with Crippen molar-refractivity contribution in [1.82, 2.24) is 9.80 Å². The third-order valence-corrected chi connectivity index (χ3v) is 6.42.